The predicted octanol–water partition coefficient (Wildman–Crippen LogP) is 3.80. The van der Waals surface area contributed by atoms with Gasteiger partial charge in [0.05, 0.1) is 6.04 Å². The van der Waals surface area contributed by atoms with Gasteiger partial charge in [0.1, 0.15) is 6.10 Å². The minimum absolute atomic E-state index is 0.315. The molecule has 0 aromatic heterocycles. The molecule has 0 spiro atoms. The monoisotopic (exact) mass is 397 g/mol. The fraction of sp³-hybridized carbons (Fsp3) is 0.435. The highest BCUT2D eigenvalue weighted by Crippen LogP contribution is 2.29. The summed E-state index contributed by atoms with van der Waals surface area (Å²) in [5, 5.41) is 18.6. The van der Waals surface area contributed by atoms with Crippen LogP contribution in [-0.4, -0.2) is 41.3 Å². The van der Waals surface area contributed by atoms with Crippen molar-refractivity contribution in [3.63, 3.8) is 0 Å². The largest absolute Gasteiger partial charge is 0.386 e. The van der Waals surface area contributed by atoms with Crippen molar-refractivity contribution in [1.29, 1.82) is 0 Å². The summed E-state index contributed by atoms with van der Waals surface area (Å²) in [6.45, 7) is 0. The van der Waals surface area contributed by atoms with Gasteiger partial charge in [-0.1, -0.05) is 73.5 Å². The Balaban J connectivity index is 1.75. The van der Waals surface area contributed by atoms with E-state index in [0.717, 1.165) is 17.5 Å². The van der Waals surface area contributed by atoms with Crippen molar-refractivity contribution in [2.24, 2.45) is 0 Å². The fourth-order valence-corrected chi connectivity index (χ4v) is 4.37. The minimum Gasteiger partial charge on any atom is -0.386 e. The van der Waals surface area contributed by atoms with Crippen LogP contribution in [0.3, 0.4) is 0 Å². The van der Waals surface area contributed by atoms with E-state index in [0.29, 0.717) is 17.2 Å². The summed E-state index contributed by atoms with van der Waals surface area (Å²) in [5.74, 6) is 0. The fourth-order valence-electron chi connectivity index (χ4n) is 4.10. The van der Waals surface area contributed by atoms with Crippen molar-refractivity contribution >= 4 is 17.3 Å². The molecule has 1 saturated carbocycles. The molecular weight excluding hydrogens is 366 g/mol. The second-order valence-electron chi connectivity index (χ2n) is 7.78. The normalized spacial score (nSPS) is 21.7. The van der Waals surface area contributed by atoms with Gasteiger partial charge in [-0.25, -0.2) is 0 Å². The molecule has 3 N–H and O–H groups in total. The maximum atomic E-state index is 11.1. The number of likely N-dealkylation sites (N-methyl/N-ethyl adjacent to an activating group) is 1. The van der Waals surface area contributed by atoms with E-state index in [1.807, 2.05) is 60.7 Å². The first kappa shape index (κ1) is 20.8. The molecule has 1 aliphatic rings. The highest BCUT2D eigenvalue weighted by molar-refractivity contribution is 7.80. The molecule has 0 aliphatic heterocycles. The number of aliphatic hydroxyl groups excluding tert-OH is 1. The van der Waals surface area contributed by atoms with E-state index in [4.69, 9.17) is 12.2 Å². The summed E-state index contributed by atoms with van der Waals surface area (Å²) in [4.78, 5) is 2.28. The molecule has 0 heterocycles. The molecule has 1 aliphatic carbocycles. The summed E-state index contributed by atoms with van der Waals surface area (Å²) in [6, 6.07) is 20.2. The predicted molar refractivity (Wildman–Crippen MR) is 119 cm³/mol. The molecule has 28 heavy (non-hydrogen) atoms. The zero-order valence-electron chi connectivity index (χ0n) is 16.7. The van der Waals surface area contributed by atoms with E-state index in [2.05, 4.69) is 29.6 Å². The molecule has 0 bridgehead atoms. The molecule has 4 nitrogen and oxygen atoms in total. The third-order valence-corrected chi connectivity index (χ3v) is 5.85. The van der Waals surface area contributed by atoms with E-state index in [1.54, 1.807) is 0 Å². The molecular formula is C23H31N3OS. The van der Waals surface area contributed by atoms with Crippen molar-refractivity contribution in [3.05, 3.63) is 71.8 Å². The highest BCUT2D eigenvalue weighted by atomic mass is 32.1. The van der Waals surface area contributed by atoms with Crippen molar-refractivity contribution < 1.29 is 5.11 Å². The third kappa shape index (κ3) is 5.31. The molecule has 1 fully saturated rings. The summed E-state index contributed by atoms with van der Waals surface area (Å²) in [5.41, 5.74) is 1.88. The van der Waals surface area contributed by atoms with E-state index in [1.165, 1.54) is 19.3 Å². The van der Waals surface area contributed by atoms with Crippen LogP contribution in [0.1, 0.15) is 49.0 Å². The summed E-state index contributed by atoms with van der Waals surface area (Å²) >= 11 is 5.67. The Labute approximate surface area is 174 Å². The SMILES string of the molecule is CN(C)[C@H]1CCCCC1NC(=S)N[C@@H](c1ccccc1)[C@H](O)c1ccccc1. The molecule has 0 amide bonds. The molecule has 0 radical (unpaired) electrons. The second-order valence-corrected chi connectivity index (χ2v) is 8.19. The van der Waals surface area contributed by atoms with Crippen LogP contribution in [0.4, 0.5) is 0 Å². The van der Waals surface area contributed by atoms with Gasteiger partial charge in [-0.3, -0.25) is 0 Å². The first-order valence-electron chi connectivity index (χ1n) is 10.1. The number of rotatable bonds is 6. The number of nitrogens with zero attached hydrogens (tertiary/aromatic N) is 1. The van der Waals surface area contributed by atoms with Gasteiger partial charge in [-0.2, -0.15) is 0 Å². The van der Waals surface area contributed by atoms with Crippen LogP contribution in [0.15, 0.2) is 60.7 Å². The van der Waals surface area contributed by atoms with Gasteiger partial charge in [0.2, 0.25) is 0 Å². The molecule has 5 heteroatoms. The summed E-state index contributed by atoms with van der Waals surface area (Å²) < 4.78 is 0. The lowest BCUT2D eigenvalue weighted by molar-refractivity contribution is 0.137. The molecule has 150 valence electrons. The molecule has 1 unspecified atom stereocenters. The van der Waals surface area contributed by atoms with Gasteiger partial charge in [0, 0.05) is 12.1 Å². The van der Waals surface area contributed by atoms with Crippen molar-refractivity contribution in [2.75, 3.05) is 14.1 Å². The summed E-state index contributed by atoms with van der Waals surface area (Å²) in [7, 11) is 4.26. The van der Waals surface area contributed by atoms with E-state index < -0.39 is 6.10 Å². The van der Waals surface area contributed by atoms with E-state index in [9.17, 15) is 5.11 Å². The van der Waals surface area contributed by atoms with Crippen LogP contribution < -0.4 is 10.6 Å². The topological polar surface area (TPSA) is 47.5 Å². The molecule has 3 rings (SSSR count). The van der Waals surface area contributed by atoms with Gasteiger partial charge >= 0.3 is 0 Å². The van der Waals surface area contributed by atoms with Gasteiger partial charge in [-0.05, 0) is 50.3 Å². The average Bonchev–Trinajstić information content (AvgIpc) is 2.73. The Bertz CT molecular complexity index is 738. The van der Waals surface area contributed by atoms with Crippen LogP contribution in [0.2, 0.25) is 0 Å². The first-order valence-corrected chi connectivity index (χ1v) is 10.5. The highest BCUT2D eigenvalue weighted by Gasteiger charge is 2.29. The molecule has 2 aromatic rings. The number of benzene rings is 2. The van der Waals surface area contributed by atoms with Gasteiger partial charge in [0.15, 0.2) is 5.11 Å². The van der Waals surface area contributed by atoms with Crippen molar-refractivity contribution in [2.45, 2.75) is 49.9 Å². The van der Waals surface area contributed by atoms with E-state index >= 15 is 0 Å². The number of aliphatic hydroxyl groups is 1. The third-order valence-electron chi connectivity index (χ3n) is 5.61. The average molecular weight is 398 g/mol. The maximum Gasteiger partial charge on any atom is 0.167 e. The van der Waals surface area contributed by atoms with Crippen LogP contribution in [-0.2, 0) is 0 Å². The minimum atomic E-state index is -0.695. The standard InChI is InChI=1S/C23H31N3OS/c1-26(2)20-16-10-9-15-19(20)24-23(28)25-21(17-11-5-3-6-12-17)22(27)18-13-7-4-8-14-18/h3-8,11-14,19-22,27H,9-10,15-16H2,1-2H3,(H2,24,25,28)/t19?,20-,21-,22+/m0/s1. The number of nitrogens with one attached hydrogen (secondary N) is 2. The number of hydrogen-bond donors (Lipinski definition) is 3. The summed E-state index contributed by atoms with van der Waals surface area (Å²) in [6.07, 6.45) is 4.09. The zero-order valence-corrected chi connectivity index (χ0v) is 17.5. The van der Waals surface area contributed by atoms with Crippen LogP contribution >= 0.6 is 12.2 Å². The molecule has 4 atom stereocenters. The van der Waals surface area contributed by atoms with E-state index in [-0.39, 0.29) is 6.04 Å². The van der Waals surface area contributed by atoms with Crippen molar-refractivity contribution in [1.82, 2.24) is 15.5 Å². The lowest BCUT2D eigenvalue weighted by Crippen LogP contribution is -2.54. The van der Waals surface area contributed by atoms with Gasteiger partial charge in [0.25, 0.3) is 0 Å². The Morgan fingerprint density at radius 2 is 1.54 bits per heavy atom. The second kappa shape index (κ2) is 10.0. The Morgan fingerprint density at radius 1 is 0.964 bits per heavy atom. The molecule has 2 aromatic carbocycles. The Hall–Kier alpha value is -1.95. The zero-order chi connectivity index (χ0) is 19.9. The maximum absolute atomic E-state index is 11.1. The lowest BCUT2D eigenvalue weighted by Gasteiger charge is -2.38. The van der Waals surface area contributed by atoms with Gasteiger partial charge in [-0.15, -0.1) is 0 Å². The van der Waals surface area contributed by atoms with Crippen LogP contribution in [0, 0.1) is 0 Å². The number of hydrogen-bond acceptors (Lipinski definition) is 3. The first-order chi connectivity index (χ1) is 13.6. The molecule has 0 saturated heterocycles. The Kier molecular flexibility index (Phi) is 7.43. The Morgan fingerprint density at radius 3 is 2.14 bits per heavy atom. The smallest absolute Gasteiger partial charge is 0.167 e. The van der Waals surface area contributed by atoms with Crippen LogP contribution in [0.25, 0.3) is 0 Å². The van der Waals surface area contributed by atoms with Crippen LogP contribution in [0.5, 0.6) is 0 Å². The number of thiocarbonyl (C=S) groups is 1. The van der Waals surface area contributed by atoms with Crippen molar-refractivity contribution in [3.8, 4) is 0 Å². The van der Waals surface area contributed by atoms with Gasteiger partial charge < -0.3 is 20.6 Å². The lowest BCUT2D eigenvalue weighted by atomic mass is 9.89. The quantitative estimate of drug-likeness (QED) is 0.647.